The van der Waals surface area contributed by atoms with E-state index in [0.717, 1.165) is 60.5 Å². The summed E-state index contributed by atoms with van der Waals surface area (Å²) in [5.74, 6) is 0. The minimum Gasteiger partial charge on any atom is -0.404 e. The zero-order valence-electron chi connectivity index (χ0n) is 17.6. The van der Waals surface area contributed by atoms with Gasteiger partial charge in [0.2, 0.25) is 0 Å². The molecule has 7 heteroatoms. The number of hydrogen-bond acceptors (Lipinski definition) is 7. The van der Waals surface area contributed by atoms with Gasteiger partial charge in [0.15, 0.2) is 0 Å². The van der Waals surface area contributed by atoms with Gasteiger partial charge in [0.1, 0.15) is 0 Å². The quantitative estimate of drug-likeness (QED) is 0.512. The third kappa shape index (κ3) is 5.19. The zero-order chi connectivity index (χ0) is 21.5. The molecule has 1 aliphatic heterocycles. The fourth-order valence-corrected chi connectivity index (χ4v) is 3.78. The molecular weight excluding hydrogens is 386 g/mol. The molecule has 4 rings (SSSR count). The number of anilines is 2. The second-order valence-corrected chi connectivity index (χ2v) is 7.63. The molecule has 2 aromatic carbocycles. The number of piperidine rings is 1. The lowest BCUT2D eigenvalue weighted by Crippen LogP contribution is -2.35. The maximum absolute atomic E-state index is 5.87. The normalized spacial score (nSPS) is 15.6. The molecule has 2 heterocycles. The second-order valence-electron chi connectivity index (χ2n) is 7.63. The first-order valence-electron chi connectivity index (χ1n) is 10.7. The van der Waals surface area contributed by atoms with Gasteiger partial charge in [0, 0.05) is 55.5 Å². The van der Waals surface area contributed by atoms with Crippen molar-refractivity contribution in [3.05, 3.63) is 66.6 Å². The highest BCUT2D eigenvalue weighted by Crippen LogP contribution is 2.24. The largest absolute Gasteiger partial charge is 0.404 e. The zero-order valence-corrected chi connectivity index (χ0v) is 17.6. The number of aromatic nitrogens is 2. The van der Waals surface area contributed by atoms with Gasteiger partial charge in [-0.15, -0.1) is 0 Å². The number of para-hydroxylation sites is 2. The van der Waals surface area contributed by atoms with Crippen LogP contribution in [0.4, 0.5) is 11.4 Å². The van der Waals surface area contributed by atoms with Crippen LogP contribution < -0.4 is 21.7 Å². The number of nitrogens with two attached hydrogens (primary N) is 2. The Hall–Kier alpha value is -3.45. The van der Waals surface area contributed by atoms with Crippen LogP contribution in [0.1, 0.15) is 18.5 Å². The van der Waals surface area contributed by atoms with Gasteiger partial charge in [-0.05, 0) is 43.2 Å². The molecular formula is C24H29N7. The molecule has 0 aliphatic carbocycles. The molecule has 0 unspecified atom stereocenters. The first-order valence-corrected chi connectivity index (χ1v) is 10.7. The van der Waals surface area contributed by atoms with Crippen LogP contribution in [-0.2, 0) is 0 Å². The second kappa shape index (κ2) is 10.0. The van der Waals surface area contributed by atoms with Gasteiger partial charge in [0.05, 0.1) is 29.0 Å². The number of benzene rings is 2. The van der Waals surface area contributed by atoms with E-state index < -0.39 is 0 Å². The van der Waals surface area contributed by atoms with Gasteiger partial charge < -0.3 is 21.7 Å². The number of hydrogen-bond donors (Lipinski definition) is 3. The number of nitrogens with zero attached hydrogens (tertiary/aromatic N) is 4. The fraction of sp³-hybridized carbons (Fsp3) is 0.292. The van der Waals surface area contributed by atoms with E-state index in [2.05, 4.69) is 44.5 Å². The van der Waals surface area contributed by atoms with E-state index in [4.69, 9.17) is 16.5 Å². The minimum absolute atomic E-state index is 0.276. The lowest BCUT2D eigenvalue weighted by atomic mass is 10.0. The van der Waals surface area contributed by atoms with Gasteiger partial charge in [-0.25, -0.2) is 4.98 Å². The Labute approximate surface area is 182 Å². The number of fused-ring (bicyclic) bond motifs is 1. The Morgan fingerprint density at radius 3 is 2.71 bits per heavy atom. The molecule has 3 aromatic rings. The summed E-state index contributed by atoms with van der Waals surface area (Å²) >= 11 is 0. The average Bonchev–Trinajstić information content (AvgIpc) is 2.83. The van der Waals surface area contributed by atoms with Crippen LogP contribution in [0.2, 0.25) is 0 Å². The molecule has 0 spiro atoms. The van der Waals surface area contributed by atoms with Crippen LogP contribution in [0, 0.1) is 0 Å². The molecule has 1 saturated heterocycles. The summed E-state index contributed by atoms with van der Waals surface area (Å²) in [7, 11) is 0. The van der Waals surface area contributed by atoms with Crippen LogP contribution in [0.25, 0.3) is 16.6 Å². The van der Waals surface area contributed by atoms with Gasteiger partial charge >= 0.3 is 0 Å². The molecule has 1 aromatic heterocycles. The third-order valence-electron chi connectivity index (χ3n) is 5.50. The van der Waals surface area contributed by atoms with Crippen LogP contribution >= 0.6 is 0 Å². The topological polar surface area (TPSA) is 105 Å². The van der Waals surface area contributed by atoms with Crippen LogP contribution in [0.3, 0.4) is 0 Å². The number of aliphatic imine (C=N–C) groups is 1. The predicted octanol–water partition coefficient (Wildman–Crippen LogP) is 3.04. The summed E-state index contributed by atoms with van der Waals surface area (Å²) < 4.78 is 0. The van der Waals surface area contributed by atoms with E-state index in [9.17, 15) is 0 Å². The molecule has 160 valence electrons. The van der Waals surface area contributed by atoms with E-state index in [1.54, 1.807) is 12.4 Å². The summed E-state index contributed by atoms with van der Waals surface area (Å²) in [6.45, 7) is 3.34. The summed E-state index contributed by atoms with van der Waals surface area (Å²) in [5.41, 5.74) is 17.1. The fourth-order valence-electron chi connectivity index (χ4n) is 3.78. The van der Waals surface area contributed by atoms with Gasteiger partial charge in [0.25, 0.3) is 0 Å². The Kier molecular flexibility index (Phi) is 6.74. The highest BCUT2D eigenvalue weighted by atomic mass is 15.1. The Bertz CT molecular complexity index is 1070. The molecule has 5 N–H and O–H groups in total. The molecule has 1 fully saturated rings. The average molecular weight is 416 g/mol. The molecule has 0 amide bonds. The lowest BCUT2D eigenvalue weighted by Gasteiger charge is -2.32. The summed E-state index contributed by atoms with van der Waals surface area (Å²) in [6.07, 6.45) is 7.14. The van der Waals surface area contributed by atoms with E-state index in [-0.39, 0.29) is 6.04 Å². The van der Waals surface area contributed by atoms with Crippen molar-refractivity contribution < 1.29 is 0 Å². The van der Waals surface area contributed by atoms with E-state index in [1.807, 2.05) is 30.5 Å². The Balaban J connectivity index is 1.37. The highest BCUT2D eigenvalue weighted by molar-refractivity contribution is 6.09. The highest BCUT2D eigenvalue weighted by Gasteiger charge is 2.19. The minimum atomic E-state index is 0.276. The number of allylic oxidation sites excluding steroid dienone is 1. The van der Waals surface area contributed by atoms with Crippen LogP contribution in [0.15, 0.2) is 65.9 Å². The monoisotopic (exact) mass is 415 g/mol. The summed E-state index contributed by atoms with van der Waals surface area (Å²) in [6, 6.07) is 16.6. The maximum Gasteiger partial charge on any atom is 0.0922 e. The van der Waals surface area contributed by atoms with Crippen molar-refractivity contribution in [1.82, 2.24) is 9.97 Å². The smallest absolute Gasteiger partial charge is 0.0922 e. The number of rotatable bonds is 7. The molecule has 0 saturated carbocycles. The van der Waals surface area contributed by atoms with Crippen LogP contribution in [-0.4, -0.2) is 48.4 Å². The Morgan fingerprint density at radius 2 is 1.94 bits per heavy atom. The Morgan fingerprint density at radius 1 is 1.13 bits per heavy atom. The van der Waals surface area contributed by atoms with Crippen molar-refractivity contribution in [3.63, 3.8) is 0 Å². The first-order chi connectivity index (χ1) is 15.3. The third-order valence-corrected chi connectivity index (χ3v) is 5.50. The van der Waals surface area contributed by atoms with Gasteiger partial charge in [-0.2, -0.15) is 0 Å². The predicted molar refractivity (Wildman–Crippen MR) is 129 cm³/mol. The molecule has 0 bridgehead atoms. The molecule has 0 radical (unpaired) electrons. The van der Waals surface area contributed by atoms with Crippen molar-refractivity contribution in [2.24, 2.45) is 16.5 Å². The van der Waals surface area contributed by atoms with Crippen molar-refractivity contribution in [1.29, 1.82) is 0 Å². The maximum atomic E-state index is 5.87. The van der Waals surface area contributed by atoms with Crippen molar-refractivity contribution in [2.75, 3.05) is 36.4 Å². The molecule has 31 heavy (non-hydrogen) atoms. The van der Waals surface area contributed by atoms with E-state index in [0.29, 0.717) is 6.54 Å². The van der Waals surface area contributed by atoms with Gasteiger partial charge in [-0.3, -0.25) is 9.98 Å². The molecule has 1 aliphatic rings. The lowest BCUT2D eigenvalue weighted by molar-refractivity contribution is 0.505. The molecule has 0 atom stereocenters. The van der Waals surface area contributed by atoms with E-state index >= 15 is 0 Å². The van der Waals surface area contributed by atoms with Crippen LogP contribution in [0.5, 0.6) is 0 Å². The summed E-state index contributed by atoms with van der Waals surface area (Å²) in [4.78, 5) is 16.4. The SMILES string of the molecule is NC=C(C=NC1CCN(c2cccc(NCCN)c2)CC1)c1cnc2ccccc2n1. The van der Waals surface area contributed by atoms with Gasteiger partial charge in [-0.1, -0.05) is 18.2 Å². The van der Waals surface area contributed by atoms with Crippen molar-refractivity contribution >= 4 is 34.2 Å². The van der Waals surface area contributed by atoms with E-state index in [1.165, 1.54) is 5.69 Å². The molecule has 7 nitrogen and oxygen atoms in total. The number of nitrogens with one attached hydrogen (secondary N) is 1. The first kappa shape index (κ1) is 20.8. The van der Waals surface area contributed by atoms with Crippen molar-refractivity contribution in [3.8, 4) is 0 Å². The van der Waals surface area contributed by atoms with Crippen molar-refractivity contribution in [2.45, 2.75) is 18.9 Å². The summed E-state index contributed by atoms with van der Waals surface area (Å²) in [5, 5.41) is 3.34. The standard InChI is InChI=1S/C24H29N7/c25-10-11-27-20-4-3-5-21(14-20)31-12-8-19(9-13-31)28-16-18(15-26)24-17-29-22-6-1-2-7-23(22)30-24/h1-7,14-17,19,27H,8-13,25-26H2.